The molecule has 3 nitrogen and oxygen atoms in total. The van der Waals surface area contributed by atoms with Crippen LogP contribution < -0.4 is 0 Å². The fraction of sp³-hybridized carbons (Fsp3) is 0. The highest BCUT2D eigenvalue weighted by Crippen LogP contribution is 2.31. The molecule has 0 atom stereocenters. The highest BCUT2D eigenvalue weighted by molar-refractivity contribution is 7.21. The van der Waals surface area contributed by atoms with Crippen LogP contribution in [0.25, 0.3) is 26.6 Å². The lowest BCUT2D eigenvalue weighted by atomic mass is 10.3. The molecule has 4 aromatic rings. The van der Waals surface area contributed by atoms with Gasteiger partial charge in [-0.25, -0.2) is 9.97 Å². The molecule has 0 spiro atoms. The van der Waals surface area contributed by atoms with Crippen molar-refractivity contribution >= 4 is 50.4 Å². The fourth-order valence-electron chi connectivity index (χ4n) is 2.11. The smallest absolute Gasteiger partial charge is 0.156 e. The molecule has 0 amide bonds. The Bertz CT molecular complexity index is 909. The largest absolute Gasteiger partial charge is 0.304 e. The molecule has 4 rings (SSSR count). The summed E-state index contributed by atoms with van der Waals surface area (Å²) in [5, 5.41) is 1.99. The molecule has 98 valence electrons. The van der Waals surface area contributed by atoms with Crippen LogP contribution in [0.15, 0.2) is 42.7 Å². The van der Waals surface area contributed by atoms with E-state index in [0.717, 1.165) is 20.9 Å². The Morgan fingerprint density at radius 3 is 2.75 bits per heavy atom. The van der Waals surface area contributed by atoms with E-state index >= 15 is 0 Å². The Morgan fingerprint density at radius 2 is 1.90 bits per heavy atom. The number of imidazole rings is 1. The lowest BCUT2D eigenvalue weighted by molar-refractivity contribution is 1.19. The van der Waals surface area contributed by atoms with Crippen molar-refractivity contribution in [2.24, 2.45) is 0 Å². The molecule has 1 aromatic carbocycles. The Hall–Kier alpha value is -1.62. The molecule has 0 saturated heterocycles. The van der Waals surface area contributed by atoms with E-state index in [1.165, 1.54) is 0 Å². The first kappa shape index (κ1) is 12.1. The van der Waals surface area contributed by atoms with Crippen LogP contribution in [0.2, 0.25) is 10.0 Å². The molecule has 3 aromatic heterocycles. The van der Waals surface area contributed by atoms with Gasteiger partial charge in [0.1, 0.15) is 10.7 Å². The second-order valence-corrected chi connectivity index (χ2v) is 6.22. The molecule has 20 heavy (non-hydrogen) atoms. The zero-order valence-corrected chi connectivity index (χ0v) is 12.4. The lowest BCUT2D eigenvalue weighted by Gasteiger charge is -1.95. The molecule has 3 heterocycles. The molecule has 0 bridgehead atoms. The number of rotatable bonds is 1. The van der Waals surface area contributed by atoms with Crippen LogP contribution >= 0.6 is 34.5 Å². The van der Waals surface area contributed by atoms with E-state index in [0.29, 0.717) is 15.7 Å². The van der Waals surface area contributed by atoms with Gasteiger partial charge in [0.15, 0.2) is 5.65 Å². The van der Waals surface area contributed by atoms with Crippen LogP contribution in [0.1, 0.15) is 0 Å². The van der Waals surface area contributed by atoms with E-state index in [1.54, 1.807) is 23.6 Å². The van der Waals surface area contributed by atoms with Gasteiger partial charge in [0.25, 0.3) is 0 Å². The van der Waals surface area contributed by atoms with Crippen molar-refractivity contribution in [2.45, 2.75) is 0 Å². The molecule has 6 heteroatoms. The van der Waals surface area contributed by atoms with Gasteiger partial charge in [-0.3, -0.25) is 0 Å². The first-order chi connectivity index (χ1) is 9.70. The second-order valence-electron chi connectivity index (χ2n) is 4.35. The summed E-state index contributed by atoms with van der Waals surface area (Å²) in [6.07, 6.45) is 3.68. The van der Waals surface area contributed by atoms with E-state index < -0.39 is 0 Å². The zero-order valence-electron chi connectivity index (χ0n) is 10.0. The maximum atomic E-state index is 6.16. The second kappa shape index (κ2) is 4.45. The summed E-state index contributed by atoms with van der Waals surface area (Å²) >= 11 is 13.8. The number of benzene rings is 1. The van der Waals surface area contributed by atoms with E-state index in [-0.39, 0.29) is 0 Å². The first-order valence-corrected chi connectivity index (χ1v) is 7.48. The van der Waals surface area contributed by atoms with Crippen molar-refractivity contribution < 1.29 is 0 Å². The Labute approximate surface area is 128 Å². The number of para-hydroxylation sites is 1. The van der Waals surface area contributed by atoms with Crippen LogP contribution in [0.3, 0.4) is 0 Å². The van der Waals surface area contributed by atoms with Gasteiger partial charge in [-0.1, -0.05) is 35.3 Å². The molecule has 0 unspecified atom stereocenters. The molecule has 0 radical (unpaired) electrons. The predicted molar refractivity (Wildman–Crippen MR) is 83.8 cm³/mol. The minimum atomic E-state index is 0.532. The van der Waals surface area contributed by atoms with Crippen molar-refractivity contribution in [1.82, 2.24) is 14.4 Å². The summed E-state index contributed by atoms with van der Waals surface area (Å²) < 4.78 is 2.97. The van der Waals surface area contributed by atoms with E-state index in [1.807, 2.05) is 28.8 Å². The summed E-state index contributed by atoms with van der Waals surface area (Å²) in [7, 11) is 0. The minimum absolute atomic E-state index is 0.532. The molecular formula is C14H7Cl2N3S. The standard InChI is InChI=1S/C14H7Cl2N3S/c15-8-5-9(16)13-17-11(7-19(13)6-8)14-18-10-3-1-2-4-12(10)20-14/h1-7H. The third-order valence-electron chi connectivity index (χ3n) is 2.99. The van der Waals surface area contributed by atoms with Crippen molar-refractivity contribution in [2.75, 3.05) is 0 Å². The van der Waals surface area contributed by atoms with E-state index in [4.69, 9.17) is 23.2 Å². The average molecular weight is 320 g/mol. The number of thiazole rings is 1. The van der Waals surface area contributed by atoms with E-state index in [2.05, 4.69) is 16.0 Å². The van der Waals surface area contributed by atoms with Gasteiger partial charge >= 0.3 is 0 Å². The summed E-state index contributed by atoms with van der Waals surface area (Å²) in [5.41, 5.74) is 2.47. The van der Waals surface area contributed by atoms with Gasteiger partial charge in [-0.15, -0.1) is 11.3 Å². The van der Waals surface area contributed by atoms with Crippen LogP contribution in [-0.2, 0) is 0 Å². The fourth-order valence-corrected chi connectivity index (χ4v) is 3.56. The monoisotopic (exact) mass is 319 g/mol. The first-order valence-electron chi connectivity index (χ1n) is 5.90. The highest BCUT2D eigenvalue weighted by atomic mass is 35.5. The molecule has 0 fully saturated rings. The maximum absolute atomic E-state index is 6.16. The summed E-state index contributed by atoms with van der Waals surface area (Å²) in [4.78, 5) is 9.14. The third kappa shape index (κ3) is 1.88. The van der Waals surface area contributed by atoms with Gasteiger partial charge < -0.3 is 4.40 Å². The number of hydrogen-bond donors (Lipinski definition) is 0. The summed E-state index contributed by atoms with van der Waals surface area (Å²) in [5.74, 6) is 0. The van der Waals surface area contributed by atoms with Crippen molar-refractivity contribution in [3.63, 3.8) is 0 Å². The number of halogens is 2. The van der Waals surface area contributed by atoms with Gasteiger partial charge in [-0.05, 0) is 18.2 Å². The topological polar surface area (TPSA) is 30.2 Å². The van der Waals surface area contributed by atoms with Crippen molar-refractivity contribution in [3.8, 4) is 10.7 Å². The molecule has 0 aliphatic rings. The number of pyridine rings is 1. The average Bonchev–Trinajstić information content (AvgIpc) is 3.01. The zero-order chi connectivity index (χ0) is 13.7. The third-order valence-corrected chi connectivity index (χ3v) is 4.53. The number of hydrogen-bond acceptors (Lipinski definition) is 3. The molecule has 0 aliphatic carbocycles. The molecule has 0 N–H and O–H groups in total. The quantitative estimate of drug-likeness (QED) is 0.498. The number of aromatic nitrogens is 3. The highest BCUT2D eigenvalue weighted by Gasteiger charge is 2.12. The van der Waals surface area contributed by atoms with Gasteiger partial charge in [0.05, 0.1) is 20.3 Å². The van der Waals surface area contributed by atoms with Crippen LogP contribution in [-0.4, -0.2) is 14.4 Å². The van der Waals surface area contributed by atoms with Gasteiger partial charge in [0.2, 0.25) is 0 Å². The molecule has 0 aliphatic heterocycles. The number of nitrogens with zero attached hydrogens (tertiary/aromatic N) is 3. The van der Waals surface area contributed by atoms with E-state index in [9.17, 15) is 0 Å². The van der Waals surface area contributed by atoms with Crippen LogP contribution in [0.4, 0.5) is 0 Å². The lowest BCUT2D eigenvalue weighted by Crippen LogP contribution is -1.82. The Morgan fingerprint density at radius 1 is 1.05 bits per heavy atom. The number of fused-ring (bicyclic) bond motifs is 2. The van der Waals surface area contributed by atoms with Crippen LogP contribution in [0, 0.1) is 0 Å². The normalized spacial score (nSPS) is 11.5. The van der Waals surface area contributed by atoms with Gasteiger partial charge in [0, 0.05) is 12.4 Å². The summed E-state index contributed by atoms with van der Waals surface area (Å²) in [6, 6.07) is 9.72. The maximum Gasteiger partial charge on any atom is 0.156 e. The van der Waals surface area contributed by atoms with Crippen LogP contribution in [0.5, 0.6) is 0 Å². The van der Waals surface area contributed by atoms with Crippen molar-refractivity contribution in [3.05, 3.63) is 52.8 Å². The van der Waals surface area contributed by atoms with Crippen molar-refractivity contribution in [1.29, 1.82) is 0 Å². The predicted octanol–water partition coefficient (Wildman–Crippen LogP) is 4.92. The SMILES string of the molecule is Clc1cc(Cl)c2nc(-c3nc4ccccc4s3)cn2c1. The summed E-state index contributed by atoms with van der Waals surface area (Å²) in [6.45, 7) is 0. The Kier molecular flexibility index (Phi) is 2.70. The molecular weight excluding hydrogens is 313 g/mol. The van der Waals surface area contributed by atoms with Gasteiger partial charge in [-0.2, -0.15) is 0 Å². The Balaban J connectivity index is 1.95. The minimum Gasteiger partial charge on any atom is -0.304 e. The molecule has 0 saturated carbocycles.